The van der Waals surface area contributed by atoms with E-state index in [0.717, 1.165) is 38.1 Å². The highest BCUT2D eigenvalue weighted by atomic mass is 32.1. The van der Waals surface area contributed by atoms with Crippen LogP contribution >= 0.6 is 12.2 Å². The molecule has 20 heavy (non-hydrogen) atoms. The van der Waals surface area contributed by atoms with Crippen LogP contribution < -0.4 is 0 Å². The fraction of sp³-hybridized carbons (Fsp3) is 0.750. The second-order valence-electron chi connectivity index (χ2n) is 5.68. The first-order valence-electron chi connectivity index (χ1n) is 7.95. The Morgan fingerprint density at radius 3 is 2.55 bits per heavy atom. The molecule has 0 atom stereocenters. The average molecular weight is 294 g/mol. The summed E-state index contributed by atoms with van der Waals surface area (Å²) in [5.74, 6) is 0.956. The molecule has 1 aliphatic rings. The van der Waals surface area contributed by atoms with E-state index in [2.05, 4.69) is 23.8 Å². The van der Waals surface area contributed by atoms with E-state index in [4.69, 9.17) is 17.0 Å². The molecule has 1 aliphatic carbocycles. The van der Waals surface area contributed by atoms with Crippen LogP contribution in [0.25, 0.3) is 0 Å². The molecule has 112 valence electrons. The van der Waals surface area contributed by atoms with Crippen molar-refractivity contribution >= 4 is 12.2 Å². The number of aromatic amines is 1. The highest BCUT2D eigenvalue weighted by Gasteiger charge is 2.36. The summed E-state index contributed by atoms with van der Waals surface area (Å²) in [6.07, 6.45) is 9.23. The second kappa shape index (κ2) is 7.32. The minimum Gasteiger partial charge on any atom is -0.367 e. The van der Waals surface area contributed by atoms with Crippen molar-refractivity contribution in [2.45, 2.75) is 70.8 Å². The lowest BCUT2D eigenvalue weighted by Gasteiger charge is -2.32. The Morgan fingerprint density at radius 2 is 1.95 bits per heavy atom. The van der Waals surface area contributed by atoms with Crippen LogP contribution in [0.15, 0.2) is 6.07 Å². The van der Waals surface area contributed by atoms with Crippen LogP contribution in [0.2, 0.25) is 0 Å². The lowest BCUT2D eigenvalue weighted by Crippen LogP contribution is -2.32. The van der Waals surface area contributed by atoms with E-state index < -0.39 is 0 Å². The van der Waals surface area contributed by atoms with Crippen molar-refractivity contribution < 1.29 is 4.74 Å². The molecule has 1 heterocycles. The highest BCUT2D eigenvalue weighted by Crippen LogP contribution is 2.37. The molecule has 1 fully saturated rings. The summed E-state index contributed by atoms with van der Waals surface area (Å²) < 4.78 is 6.87. The highest BCUT2D eigenvalue weighted by molar-refractivity contribution is 7.71. The van der Waals surface area contributed by atoms with E-state index in [0.29, 0.717) is 4.64 Å². The molecule has 2 rings (SSSR count). The number of rotatable bonds is 5. The van der Waals surface area contributed by atoms with E-state index in [-0.39, 0.29) is 5.60 Å². The van der Waals surface area contributed by atoms with Crippen LogP contribution in [0.3, 0.4) is 0 Å². The van der Waals surface area contributed by atoms with Gasteiger partial charge in [-0.3, -0.25) is 0 Å². The third kappa shape index (κ3) is 3.67. The molecule has 1 aromatic heterocycles. The van der Waals surface area contributed by atoms with Gasteiger partial charge in [-0.2, -0.15) is 0 Å². The van der Waals surface area contributed by atoms with Crippen LogP contribution in [-0.4, -0.2) is 16.6 Å². The summed E-state index contributed by atoms with van der Waals surface area (Å²) in [6.45, 7) is 4.97. The van der Waals surface area contributed by atoms with Crippen LogP contribution in [0.5, 0.6) is 0 Å². The first-order chi connectivity index (χ1) is 9.70. The molecule has 0 aliphatic heterocycles. The summed E-state index contributed by atoms with van der Waals surface area (Å²) in [4.78, 5) is 8.11. The third-order valence-electron chi connectivity index (χ3n) is 4.08. The third-order valence-corrected chi connectivity index (χ3v) is 4.29. The van der Waals surface area contributed by atoms with E-state index in [1.807, 2.05) is 6.07 Å². The van der Waals surface area contributed by atoms with Crippen molar-refractivity contribution in [3.63, 3.8) is 0 Å². The average Bonchev–Trinajstić information content (AvgIpc) is 2.65. The van der Waals surface area contributed by atoms with Crippen molar-refractivity contribution in [1.82, 2.24) is 9.97 Å². The standard InChI is InChI=1S/C16H26N2OS/c1-3-9-13-12-14(20)18-15(17-13)16(19-4-2)10-7-5-6-8-11-16/h12H,3-11H2,1-2H3,(H,17,18,20). The lowest BCUT2D eigenvalue weighted by molar-refractivity contribution is -0.0626. The van der Waals surface area contributed by atoms with Gasteiger partial charge >= 0.3 is 0 Å². The maximum Gasteiger partial charge on any atom is 0.140 e. The second-order valence-corrected chi connectivity index (χ2v) is 6.10. The molecular formula is C16H26N2OS. The van der Waals surface area contributed by atoms with Gasteiger partial charge in [0.05, 0.1) is 0 Å². The molecular weight excluding hydrogens is 268 g/mol. The van der Waals surface area contributed by atoms with E-state index in [1.54, 1.807) is 0 Å². The molecule has 1 aromatic rings. The fourth-order valence-electron chi connectivity index (χ4n) is 3.15. The number of aryl methyl sites for hydroxylation is 1. The van der Waals surface area contributed by atoms with Crippen LogP contribution in [0.4, 0.5) is 0 Å². The molecule has 1 N–H and O–H groups in total. The molecule has 0 aromatic carbocycles. The van der Waals surface area contributed by atoms with Crippen LogP contribution in [0.1, 0.15) is 70.3 Å². The number of hydrogen-bond donors (Lipinski definition) is 1. The maximum absolute atomic E-state index is 6.18. The van der Waals surface area contributed by atoms with Gasteiger partial charge in [-0.25, -0.2) is 4.98 Å². The topological polar surface area (TPSA) is 37.9 Å². The van der Waals surface area contributed by atoms with E-state index in [1.165, 1.54) is 31.4 Å². The zero-order valence-electron chi connectivity index (χ0n) is 12.7. The van der Waals surface area contributed by atoms with Gasteiger partial charge in [0, 0.05) is 12.3 Å². The Morgan fingerprint density at radius 1 is 1.25 bits per heavy atom. The number of nitrogens with zero attached hydrogens (tertiary/aromatic N) is 1. The zero-order chi connectivity index (χ0) is 14.4. The number of ether oxygens (including phenoxy) is 1. The number of nitrogens with one attached hydrogen (secondary N) is 1. The predicted molar refractivity (Wildman–Crippen MR) is 84.4 cm³/mol. The number of aromatic nitrogens is 2. The molecule has 0 unspecified atom stereocenters. The zero-order valence-corrected chi connectivity index (χ0v) is 13.5. The quantitative estimate of drug-likeness (QED) is 0.633. The van der Waals surface area contributed by atoms with E-state index in [9.17, 15) is 0 Å². The Bertz CT molecular complexity index is 476. The van der Waals surface area contributed by atoms with Crippen molar-refractivity contribution in [3.05, 3.63) is 22.2 Å². The van der Waals surface area contributed by atoms with Crippen molar-refractivity contribution in [2.24, 2.45) is 0 Å². The van der Waals surface area contributed by atoms with Gasteiger partial charge in [0.15, 0.2) is 0 Å². The first kappa shape index (κ1) is 15.6. The Hall–Kier alpha value is -0.740. The summed E-state index contributed by atoms with van der Waals surface area (Å²) in [7, 11) is 0. The fourth-order valence-corrected chi connectivity index (χ4v) is 3.39. The summed E-state index contributed by atoms with van der Waals surface area (Å²) in [6, 6.07) is 1.98. The molecule has 0 saturated heterocycles. The molecule has 0 bridgehead atoms. The van der Waals surface area contributed by atoms with Gasteiger partial charge in [-0.15, -0.1) is 0 Å². The molecule has 1 saturated carbocycles. The molecule has 3 nitrogen and oxygen atoms in total. The summed E-state index contributed by atoms with van der Waals surface area (Å²) in [5.41, 5.74) is 0.938. The van der Waals surface area contributed by atoms with Gasteiger partial charge in [0.25, 0.3) is 0 Å². The van der Waals surface area contributed by atoms with Crippen LogP contribution in [-0.2, 0) is 16.8 Å². The minimum absolute atomic E-state index is 0.247. The largest absolute Gasteiger partial charge is 0.367 e. The molecule has 0 spiro atoms. The smallest absolute Gasteiger partial charge is 0.140 e. The van der Waals surface area contributed by atoms with Gasteiger partial charge in [-0.1, -0.05) is 51.2 Å². The van der Waals surface area contributed by atoms with Crippen molar-refractivity contribution in [3.8, 4) is 0 Å². The predicted octanol–water partition coefficient (Wildman–Crippen LogP) is 4.68. The first-order valence-corrected chi connectivity index (χ1v) is 8.35. The Balaban J connectivity index is 2.39. The number of hydrogen-bond acceptors (Lipinski definition) is 3. The molecule has 0 radical (unpaired) electrons. The lowest BCUT2D eigenvalue weighted by atomic mass is 9.92. The maximum atomic E-state index is 6.18. The van der Waals surface area contributed by atoms with Gasteiger partial charge < -0.3 is 9.72 Å². The number of H-pyrrole nitrogens is 1. The summed E-state index contributed by atoms with van der Waals surface area (Å²) >= 11 is 5.35. The summed E-state index contributed by atoms with van der Waals surface area (Å²) in [5, 5.41) is 0. The van der Waals surface area contributed by atoms with Crippen molar-refractivity contribution in [1.29, 1.82) is 0 Å². The SMILES string of the molecule is CCCc1cc(=S)nc(C2(OCC)CCCCCC2)[nH]1. The monoisotopic (exact) mass is 294 g/mol. The normalized spacial score (nSPS) is 18.7. The Labute approximate surface area is 127 Å². The van der Waals surface area contributed by atoms with Crippen LogP contribution in [0, 0.1) is 4.64 Å². The van der Waals surface area contributed by atoms with Gasteiger partial charge in [0.1, 0.15) is 16.1 Å². The Kier molecular flexibility index (Phi) is 5.73. The van der Waals surface area contributed by atoms with E-state index >= 15 is 0 Å². The van der Waals surface area contributed by atoms with Gasteiger partial charge in [-0.05, 0) is 32.3 Å². The van der Waals surface area contributed by atoms with Crippen molar-refractivity contribution in [2.75, 3.05) is 6.61 Å². The molecule has 0 amide bonds. The molecule has 4 heteroatoms. The van der Waals surface area contributed by atoms with Gasteiger partial charge in [0.2, 0.25) is 0 Å². The minimum atomic E-state index is -0.247.